The Morgan fingerprint density at radius 1 is 1.17 bits per heavy atom. The Bertz CT molecular complexity index is 759. The molecule has 160 valence electrons. The molecule has 0 aliphatic carbocycles. The number of rotatable bonds is 5. The molecular weight excluding hydrogens is 413 g/mol. The molecule has 0 saturated carbocycles. The summed E-state index contributed by atoms with van der Waals surface area (Å²) < 4.78 is 1.63. The molecule has 2 aromatic rings. The van der Waals surface area contributed by atoms with Gasteiger partial charge in [-0.2, -0.15) is 4.68 Å². The van der Waals surface area contributed by atoms with Gasteiger partial charge in [0, 0.05) is 13.1 Å². The smallest absolute Gasteiger partial charge is 0.248 e. The third-order valence-corrected chi connectivity index (χ3v) is 5.81. The van der Waals surface area contributed by atoms with E-state index in [1.165, 1.54) is 0 Å². The fourth-order valence-electron chi connectivity index (χ4n) is 4.17. The number of nitrogens with zero attached hydrogens (tertiary/aromatic N) is 5. The van der Waals surface area contributed by atoms with E-state index < -0.39 is 0 Å². The van der Waals surface area contributed by atoms with Gasteiger partial charge in [-0.25, -0.2) is 0 Å². The largest absolute Gasteiger partial charge is 0.341 e. The number of carbonyl (C=O) groups is 1. The van der Waals surface area contributed by atoms with Crippen molar-refractivity contribution in [3.8, 4) is 5.69 Å². The van der Waals surface area contributed by atoms with E-state index in [2.05, 4.69) is 26.2 Å². The number of nitrogens with one attached hydrogen (secondary N) is 2. The molecule has 3 atom stereocenters. The summed E-state index contributed by atoms with van der Waals surface area (Å²) in [4.78, 5) is 15.2. The number of anilines is 1. The summed E-state index contributed by atoms with van der Waals surface area (Å²) in [5.41, 5.74) is 0.863. The highest BCUT2D eigenvalue weighted by Crippen LogP contribution is 2.27. The van der Waals surface area contributed by atoms with E-state index in [0.717, 1.165) is 44.7 Å². The minimum absolute atomic E-state index is 0. The number of hydrogen-bond donors (Lipinski definition) is 2. The molecule has 2 N–H and O–H groups in total. The fraction of sp³-hybridized carbons (Fsp3) is 0.579. The highest BCUT2D eigenvalue weighted by atomic mass is 35.5. The molecule has 0 radical (unpaired) electrons. The Morgan fingerprint density at radius 2 is 1.83 bits per heavy atom. The van der Waals surface area contributed by atoms with E-state index in [1.54, 1.807) is 4.68 Å². The number of aromatic nitrogens is 4. The lowest BCUT2D eigenvalue weighted by Gasteiger charge is -2.26. The average Bonchev–Trinajstić information content (AvgIpc) is 3.31. The van der Waals surface area contributed by atoms with Gasteiger partial charge < -0.3 is 15.5 Å². The van der Waals surface area contributed by atoms with Crippen molar-refractivity contribution in [2.45, 2.75) is 32.2 Å². The summed E-state index contributed by atoms with van der Waals surface area (Å²) in [7, 11) is 0. The normalized spacial score (nSPS) is 21.9. The molecule has 29 heavy (non-hydrogen) atoms. The molecule has 4 rings (SSSR count). The minimum Gasteiger partial charge on any atom is -0.341 e. The lowest BCUT2D eigenvalue weighted by molar-refractivity contribution is -0.132. The molecular formula is C19H29Cl2N7O. The summed E-state index contributed by atoms with van der Waals surface area (Å²) in [5.74, 6) is 2.06. The molecule has 0 spiro atoms. The Hall–Kier alpha value is -1.90. The topological polar surface area (TPSA) is 88.0 Å². The second-order valence-corrected chi connectivity index (χ2v) is 7.44. The number of para-hydroxylation sites is 1. The number of carbonyl (C=O) groups excluding carboxylic acids is 1. The van der Waals surface area contributed by atoms with E-state index in [9.17, 15) is 4.79 Å². The van der Waals surface area contributed by atoms with E-state index in [-0.39, 0.29) is 36.8 Å². The number of benzene rings is 1. The van der Waals surface area contributed by atoms with Crippen LogP contribution in [0.1, 0.15) is 26.2 Å². The number of halogens is 2. The summed E-state index contributed by atoms with van der Waals surface area (Å²) in [6.45, 7) is 5.87. The Labute approximate surface area is 183 Å². The third kappa shape index (κ3) is 5.18. The first-order chi connectivity index (χ1) is 13.3. The Kier molecular flexibility index (Phi) is 8.67. The average molecular weight is 442 g/mol. The molecule has 2 aliphatic heterocycles. The molecule has 2 fully saturated rings. The Balaban J connectivity index is 0.00000150. The van der Waals surface area contributed by atoms with E-state index in [4.69, 9.17) is 0 Å². The summed E-state index contributed by atoms with van der Waals surface area (Å²) in [6.07, 6.45) is 2.86. The van der Waals surface area contributed by atoms with Gasteiger partial charge in [-0.3, -0.25) is 4.79 Å². The van der Waals surface area contributed by atoms with Crippen LogP contribution in [0, 0.1) is 11.8 Å². The molecule has 1 amide bonds. The molecule has 1 unspecified atom stereocenters. The van der Waals surface area contributed by atoms with Crippen LogP contribution in [-0.4, -0.2) is 63.2 Å². The highest BCUT2D eigenvalue weighted by Gasteiger charge is 2.33. The molecule has 1 aromatic carbocycles. The van der Waals surface area contributed by atoms with Gasteiger partial charge in [0.15, 0.2) is 0 Å². The van der Waals surface area contributed by atoms with Crippen LogP contribution in [0.3, 0.4) is 0 Å². The van der Waals surface area contributed by atoms with Crippen molar-refractivity contribution in [1.82, 2.24) is 30.4 Å². The lowest BCUT2D eigenvalue weighted by atomic mass is 9.92. The van der Waals surface area contributed by atoms with Crippen molar-refractivity contribution < 1.29 is 4.79 Å². The van der Waals surface area contributed by atoms with E-state index >= 15 is 0 Å². The SMILES string of the molecule is CCC(Nc1nnnn1-c1ccccc1)C(=O)N1CC[C@@H]2CNC[C@@H]2CC1.Cl.Cl. The summed E-state index contributed by atoms with van der Waals surface area (Å²) in [6, 6.07) is 9.37. The van der Waals surface area contributed by atoms with Crippen molar-refractivity contribution in [2.24, 2.45) is 11.8 Å². The maximum Gasteiger partial charge on any atom is 0.248 e. The second kappa shape index (κ2) is 10.8. The van der Waals surface area contributed by atoms with Crippen molar-refractivity contribution >= 4 is 36.7 Å². The van der Waals surface area contributed by atoms with Crippen LogP contribution in [0.5, 0.6) is 0 Å². The maximum absolute atomic E-state index is 13.1. The fourth-order valence-corrected chi connectivity index (χ4v) is 4.17. The van der Waals surface area contributed by atoms with Crippen molar-refractivity contribution in [2.75, 3.05) is 31.5 Å². The first kappa shape index (κ1) is 23.4. The summed E-state index contributed by atoms with van der Waals surface area (Å²) >= 11 is 0. The predicted octanol–water partition coefficient (Wildman–Crippen LogP) is 2.15. The standard InChI is InChI=1S/C19H27N7O.2ClH/c1-2-17(18(27)25-10-8-14-12-20-13-15(14)9-11-25)21-19-22-23-24-26(19)16-6-4-3-5-7-16;;/h3-7,14-15,17,20H,2,8-13H2,1H3,(H,21,22,24);2*1H/t14-,15+,17?;;. The zero-order chi connectivity index (χ0) is 18.6. The molecule has 2 saturated heterocycles. The monoisotopic (exact) mass is 441 g/mol. The minimum atomic E-state index is -0.325. The number of fused-ring (bicyclic) bond motifs is 1. The van der Waals surface area contributed by atoms with Gasteiger partial charge in [0.2, 0.25) is 11.9 Å². The van der Waals surface area contributed by atoms with Crippen LogP contribution in [0.4, 0.5) is 5.95 Å². The first-order valence-corrected chi connectivity index (χ1v) is 9.86. The number of hydrogen-bond acceptors (Lipinski definition) is 6. The number of likely N-dealkylation sites (tertiary alicyclic amines) is 1. The molecule has 10 heteroatoms. The van der Waals surface area contributed by atoms with E-state index in [1.807, 2.05) is 42.2 Å². The van der Waals surface area contributed by atoms with E-state index in [0.29, 0.717) is 24.2 Å². The molecule has 3 heterocycles. The van der Waals surface area contributed by atoms with Gasteiger partial charge >= 0.3 is 0 Å². The third-order valence-electron chi connectivity index (χ3n) is 5.81. The predicted molar refractivity (Wildman–Crippen MR) is 117 cm³/mol. The van der Waals surface area contributed by atoms with Gasteiger partial charge in [0.25, 0.3) is 0 Å². The molecule has 8 nitrogen and oxygen atoms in total. The van der Waals surface area contributed by atoms with Gasteiger partial charge in [0.1, 0.15) is 6.04 Å². The van der Waals surface area contributed by atoms with Gasteiger partial charge in [0.05, 0.1) is 5.69 Å². The summed E-state index contributed by atoms with van der Waals surface area (Å²) in [5, 5.41) is 18.7. The molecule has 1 aromatic heterocycles. The highest BCUT2D eigenvalue weighted by molar-refractivity contribution is 5.85. The van der Waals surface area contributed by atoms with Crippen LogP contribution in [0.15, 0.2) is 30.3 Å². The van der Waals surface area contributed by atoms with Gasteiger partial charge in [-0.1, -0.05) is 30.2 Å². The maximum atomic E-state index is 13.1. The lowest BCUT2D eigenvalue weighted by Crippen LogP contribution is -2.43. The zero-order valence-electron chi connectivity index (χ0n) is 16.5. The van der Waals surface area contributed by atoms with Crippen molar-refractivity contribution in [3.63, 3.8) is 0 Å². The van der Waals surface area contributed by atoms with Crippen LogP contribution in [0.2, 0.25) is 0 Å². The van der Waals surface area contributed by atoms with Gasteiger partial charge in [-0.05, 0) is 66.7 Å². The number of tetrazole rings is 1. The number of amides is 1. The van der Waals surface area contributed by atoms with Crippen LogP contribution in [-0.2, 0) is 4.79 Å². The van der Waals surface area contributed by atoms with Crippen LogP contribution < -0.4 is 10.6 Å². The first-order valence-electron chi connectivity index (χ1n) is 9.86. The molecule has 0 bridgehead atoms. The van der Waals surface area contributed by atoms with Crippen LogP contribution in [0.25, 0.3) is 5.69 Å². The molecule has 2 aliphatic rings. The second-order valence-electron chi connectivity index (χ2n) is 7.44. The zero-order valence-corrected chi connectivity index (χ0v) is 18.2. The van der Waals surface area contributed by atoms with Gasteiger partial charge in [-0.15, -0.1) is 24.8 Å². The van der Waals surface area contributed by atoms with Crippen molar-refractivity contribution in [1.29, 1.82) is 0 Å². The quantitative estimate of drug-likeness (QED) is 0.738. The Morgan fingerprint density at radius 3 is 2.45 bits per heavy atom. The van der Waals surface area contributed by atoms with Crippen LogP contribution >= 0.6 is 24.8 Å². The van der Waals surface area contributed by atoms with Crippen molar-refractivity contribution in [3.05, 3.63) is 30.3 Å².